The molecule has 3 heterocycles. The molecular weight excluding hydrogens is 390 g/mol. The van der Waals surface area contributed by atoms with E-state index in [0.717, 1.165) is 61.4 Å². The summed E-state index contributed by atoms with van der Waals surface area (Å²) in [7, 11) is 1.69. The average molecular weight is 420 g/mol. The van der Waals surface area contributed by atoms with E-state index in [9.17, 15) is 0 Å². The van der Waals surface area contributed by atoms with Gasteiger partial charge < -0.3 is 14.8 Å². The number of aromatic nitrogens is 3. The summed E-state index contributed by atoms with van der Waals surface area (Å²) in [4.78, 5) is 16.3. The number of ether oxygens (including phenoxy) is 2. The van der Waals surface area contributed by atoms with Crippen molar-refractivity contribution in [1.29, 1.82) is 0 Å². The van der Waals surface area contributed by atoms with Crippen LogP contribution in [0.5, 0.6) is 5.75 Å². The van der Waals surface area contributed by atoms with E-state index < -0.39 is 0 Å². The van der Waals surface area contributed by atoms with Crippen LogP contribution in [0.4, 0.5) is 5.82 Å². The molecule has 3 aromatic rings. The van der Waals surface area contributed by atoms with Crippen LogP contribution in [-0.4, -0.2) is 59.8 Å². The topological polar surface area (TPSA) is 72.4 Å². The number of benzene rings is 1. The zero-order valence-electron chi connectivity index (χ0n) is 18.3. The zero-order valence-corrected chi connectivity index (χ0v) is 18.3. The first-order chi connectivity index (χ1) is 15.2. The van der Waals surface area contributed by atoms with Crippen molar-refractivity contribution in [3.05, 3.63) is 65.5 Å². The third kappa shape index (κ3) is 5.00. The number of pyridine rings is 1. The van der Waals surface area contributed by atoms with Gasteiger partial charge in [-0.1, -0.05) is 18.2 Å². The average Bonchev–Trinajstić information content (AvgIpc) is 2.83. The number of hydrogen-bond donors (Lipinski definition) is 1. The van der Waals surface area contributed by atoms with Gasteiger partial charge in [-0.2, -0.15) is 0 Å². The molecule has 0 amide bonds. The minimum atomic E-state index is 0.197. The van der Waals surface area contributed by atoms with Crippen molar-refractivity contribution in [3.63, 3.8) is 0 Å². The molecule has 162 valence electrons. The molecule has 0 bridgehead atoms. The van der Waals surface area contributed by atoms with Crippen LogP contribution in [-0.2, 0) is 4.74 Å². The van der Waals surface area contributed by atoms with Gasteiger partial charge in [-0.3, -0.25) is 9.88 Å². The van der Waals surface area contributed by atoms with Crippen molar-refractivity contribution in [3.8, 4) is 17.3 Å². The first kappa shape index (κ1) is 21.2. The second kappa shape index (κ2) is 9.85. The molecule has 1 atom stereocenters. The second-order valence-electron chi connectivity index (χ2n) is 7.64. The number of aryl methyl sites for hydroxylation is 1. The third-order valence-electron chi connectivity index (χ3n) is 5.73. The Labute approximate surface area is 183 Å². The Morgan fingerprint density at radius 1 is 1.06 bits per heavy atom. The van der Waals surface area contributed by atoms with Gasteiger partial charge in [-0.25, -0.2) is 9.97 Å². The monoisotopic (exact) mass is 419 g/mol. The van der Waals surface area contributed by atoms with Gasteiger partial charge >= 0.3 is 0 Å². The van der Waals surface area contributed by atoms with Gasteiger partial charge in [0.15, 0.2) is 5.82 Å². The van der Waals surface area contributed by atoms with Crippen LogP contribution in [0.25, 0.3) is 11.5 Å². The number of nitrogens with one attached hydrogen (secondary N) is 1. The Morgan fingerprint density at radius 3 is 2.52 bits per heavy atom. The van der Waals surface area contributed by atoms with Crippen LogP contribution < -0.4 is 10.1 Å². The minimum Gasteiger partial charge on any atom is -0.497 e. The number of morpholine rings is 1. The summed E-state index contributed by atoms with van der Waals surface area (Å²) in [5.74, 6) is 2.35. The van der Waals surface area contributed by atoms with Crippen molar-refractivity contribution >= 4 is 5.82 Å². The first-order valence-corrected chi connectivity index (χ1v) is 10.6. The van der Waals surface area contributed by atoms with Crippen molar-refractivity contribution in [1.82, 2.24) is 19.9 Å². The van der Waals surface area contributed by atoms with Crippen LogP contribution in [0.2, 0.25) is 0 Å². The Kier molecular flexibility index (Phi) is 6.74. The largest absolute Gasteiger partial charge is 0.497 e. The molecule has 4 rings (SSSR count). The Bertz CT molecular complexity index is 989. The first-order valence-electron chi connectivity index (χ1n) is 10.6. The molecule has 0 radical (unpaired) electrons. The van der Waals surface area contributed by atoms with Gasteiger partial charge in [0.25, 0.3) is 0 Å². The molecule has 0 saturated carbocycles. The Hall–Kier alpha value is -3.03. The molecule has 1 fully saturated rings. The summed E-state index contributed by atoms with van der Waals surface area (Å²) in [5, 5.41) is 3.60. The van der Waals surface area contributed by atoms with Crippen LogP contribution in [0.1, 0.15) is 22.9 Å². The van der Waals surface area contributed by atoms with E-state index in [1.807, 2.05) is 37.3 Å². The highest BCUT2D eigenvalue weighted by Gasteiger charge is 2.23. The fourth-order valence-corrected chi connectivity index (χ4v) is 3.78. The standard InChI is InChI=1S/C24H29N5O2/c1-17-18(2)27-24(21-6-4-5-11-25-21)28-23(17)26-16-22(29-12-14-31-15-13-29)19-7-9-20(30-3)10-8-19/h4-11,22H,12-16H2,1-3H3,(H,26,27,28). The lowest BCUT2D eigenvalue weighted by molar-refractivity contribution is 0.0187. The number of methoxy groups -OCH3 is 1. The van der Waals surface area contributed by atoms with E-state index in [-0.39, 0.29) is 6.04 Å². The molecule has 7 heteroatoms. The molecule has 1 N–H and O–H groups in total. The predicted octanol–water partition coefficient (Wildman–Crippen LogP) is 3.65. The Morgan fingerprint density at radius 2 is 1.84 bits per heavy atom. The third-order valence-corrected chi connectivity index (χ3v) is 5.73. The lowest BCUT2D eigenvalue weighted by Gasteiger charge is -2.35. The summed E-state index contributed by atoms with van der Waals surface area (Å²) in [5.41, 5.74) is 4.01. The summed E-state index contributed by atoms with van der Waals surface area (Å²) in [6, 6.07) is 14.3. The quantitative estimate of drug-likeness (QED) is 0.627. The van der Waals surface area contributed by atoms with Crippen molar-refractivity contribution in [2.24, 2.45) is 0 Å². The lowest BCUT2D eigenvalue weighted by atomic mass is 10.0. The van der Waals surface area contributed by atoms with Crippen LogP contribution in [0.3, 0.4) is 0 Å². The van der Waals surface area contributed by atoms with E-state index in [4.69, 9.17) is 14.5 Å². The number of rotatable bonds is 7. The fourth-order valence-electron chi connectivity index (χ4n) is 3.78. The summed E-state index contributed by atoms with van der Waals surface area (Å²) in [6.07, 6.45) is 1.76. The van der Waals surface area contributed by atoms with E-state index in [1.165, 1.54) is 5.56 Å². The van der Waals surface area contributed by atoms with Crippen LogP contribution in [0.15, 0.2) is 48.7 Å². The van der Waals surface area contributed by atoms with Gasteiger partial charge in [0.05, 0.1) is 26.4 Å². The molecule has 0 spiro atoms. The van der Waals surface area contributed by atoms with Gasteiger partial charge in [-0.05, 0) is 43.7 Å². The summed E-state index contributed by atoms with van der Waals surface area (Å²) < 4.78 is 10.9. The SMILES string of the molecule is COc1ccc(C(CNc2nc(-c3ccccn3)nc(C)c2C)N2CCOCC2)cc1. The van der Waals surface area contributed by atoms with Crippen LogP contribution in [0, 0.1) is 13.8 Å². The maximum absolute atomic E-state index is 5.57. The molecule has 1 aliphatic rings. The van der Waals surface area contributed by atoms with Gasteiger partial charge in [0.2, 0.25) is 0 Å². The van der Waals surface area contributed by atoms with Crippen molar-refractivity contribution in [2.75, 3.05) is 45.3 Å². The molecule has 1 aromatic carbocycles. The molecule has 7 nitrogen and oxygen atoms in total. The highest BCUT2D eigenvalue weighted by atomic mass is 16.5. The number of hydrogen-bond acceptors (Lipinski definition) is 7. The normalized spacial score (nSPS) is 15.5. The van der Waals surface area contributed by atoms with Crippen molar-refractivity contribution in [2.45, 2.75) is 19.9 Å². The van der Waals surface area contributed by atoms with E-state index in [1.54, 1.807) is 13.3 Å². The van der Waals surface area contributed by atoms with E-state index in [0.29, 0.717) is 5.82 Å². The molecule has 1 saturated heterocycles. The maximum atomic E-state index is 5.57. The highest BCUT2D eigenvalue weighted by Crippen LogP contribution is 2.26. The fraction of sp³-hybridized carbons (Fsp3) is 0.375. The molecule has 1 unspecified atom stereocenters. The highest BCUT2D eigenvalue weighted by molar-refractivity contribution is 5.56. The number of nitrogens with zero attached hydrogens (tertiary/aromatic N) is 4. The smallest absolute Gasteiger partial charge is 0.180 e. The van der Waals surface area contributed by atoms with Crippen LogP contribution >= 0.6 is 0 Å². The predicted molar refractivity (Wildman–Crippen MR) is 121 cm³/mol. The maximum Gasteiger partial charge on any atom is 0.180 e. The molecule has 2 aromatic heterocycles. The van der Waals surface area contributed by atoms with Gasteiger partial charge in [-0.15, -0.1) is 0 Å². The zero-order chi connectivity index (χ0) is 21.6. The summed E-state index contributed by atoms with van der Waals surface area (Å²) in [6.45, 7) is 8.10. The number of anilines is 1. The van der Waals surface area contributed by atoms with Crippen molar-refractivity contribution < 1.29 is 9.47 Å². The molecule has 0 aliphatic carbocycles. The summed E-state index contributed by atoms with van der Waals surface area (Å²) >= 11 is 0. The minimum absolute atomic E-state index is 0.197. The van der Waals surface area contributed by atoms with Gasteiger partial charge in [0.1, 0.15) is 17.3 Å². The molecule has 1 aliphatic heterocycles. The Balaban J connectivity index is 1.59. The van der Waals surface area contributed by atoms with E-state index in [2.05, 4.69) is 39.2 Å². The van der Waals surface area contributed by atoms with Gasteiger partial charge in [0, 0.05) is 37.1 Å². The molecule has 31 heavy (non-hydrogen) atoms. The molecular formula is C24H29N5O2. The van der Waals surface area contributed by atoms with E-state index >= 15 is 0 Å². The lowest BCUT2D eigenvalue weighted by Crippen LogP contribution is -2.41. The second-order valence-corrected chi connectivity index (χ2v) is 7.64.